The van der Waals surface area contributed by atoms with Crippen LogP contribution in [0.2, 0.25) is 0 Å². The van der Waals surface area contributed by atoms with E-state index in [1.54, 1.807) is 30.5 Å². The van der Waals surface area contributed by atoms with Gasteiger partial charge in [-0.3, -0.25) is 9.59 Å². The third kappa shape index (κ3) is 8.75. The number of benzene rings is 3. The molecule has 6 nitrogen and oxygen atoms in total. The largest absolute Gasteiger partial charge is 0.484 e. The molecule has 2 N–H and O–H groups in total. The van der Waals surface area contributed by atoms with E-state index >= 15 is 0 Å². The highest BCUT2D eigenvalue weighted by atomic mass is 32.2. The first kappa shape index (κ1) is 25.1. The molecule has 7 heteroatoms. The van der Waals surface area contributed by atoms with E-state index in [4.69, 9.17) is 4.74 Å². The quantitative estimate of drug-likeness (QED) is 0.309. The van der Waals surface area contributed by atoms with Gasteiger partial charge in [0.1, 0.15) is 5.75 Å². The van der Waals surface area contributed by atoms with E-state index in [1.165, 1.54) is 11.1 Å². The molecule has 0 aliphatic rings. The molecule has 0 saturated carbocycles. The van der Waals surface area contributed by atoms with Crippen LogP contribution in [0.5, 0.6) is 5.75 Å². The van der Waals surface area contributed by atoms with Gasteiger partial charge in [-0.05, 0) is 66.9 Å². The molecule has 34 heavy (non-hydrogen) atoms. The summed E-state index contributed by atoms with van der Waals surface area (Å²) in [6.07, 6.45) is 1.56. The molecular formula is C27H29N3O3S. The van der Waals surface area contributed by atoms with Gasteiger partial charge in [0.2, 0.25) is 0 Å². The number of amides is 2. The Labute approximate surface area is 204 Å². The molecule has 0 heterocycles. The van der Waals surface area contributed by atoms with Crippen LogP contribution in [-0.2, 0) is 16.3 Å². The van der Waals surface area contributed by atoms with Crippen molar-refractivity contribution in [2.75, 3.05) is 6.61 Å². The van der Waals surface area contributed by atoms with E-state index < -0.39 is 0 Å². The summed E-state index contributed by atoms with van der Waals surface area (Å²) in [4.78, 5) is 24.0. The molecule has 0 aliphatic heterocycles. The molecule has 3 aromatic carbocycles. The molecule has 0 atom stereocenters. The van der Waals surface area contributed by atoms with Crippen LogP contribution in [0.3, 0.4) is 0 Å². The number of hydrogen-bond acceptors (Lipinski definition) is 5. The topological polar surface area (TPSA) is 79.8 Å². The zero-order valence-corrected chi connectivity index (χ0v) is 20.2. The second kappa shape index (κ2) is 13.2. The van der Waals surface area contributed by atoms with Gasteiger partial charge in [-0.1, -0.05) is 42.5 Å². The number of nitrogens with one attached hydrogen (secondary N) is 2. The van der Waals surface area contributed by atoms with E-state index in [0.717, 1.165) is 17.1 Å². The molecule has 0 radical (unpaired) electrons. The van der Waals surface area contributed by atoms with Crippen molar-refractivity contribution < 1.29 is 14.3 Å². The summed E-state index contributed by atoms with van der Waals surface area (Å²) in [5, 5.41) is 6.79. The fourth-order valence-electron chi connectivity index (χ4n) is 3.01. The molecule has 0 fully saturated rings. The van der Waals surface area contributed by atoms with Crippen molar-refractivity contribution in [2.24, 2.45) is 5.10 Å². The predicted octanol–water partition coefficient (Wildman–Crippen LogP) is 4.79. The van der Waals surface area contributed by atoms with Gasteiger partial charge in [0.25, 0.3) is 11.8 Å². The summed E-state index contributed by atoms with van der Waals surface area (Å²) >= 11 is 1.84. The number of carbonyl (C=O) groups excluding carboxylic acids is 2. The van der Waals surface area contributed by atoms with Crippen LogP contribution in [0.1, 0.15) is 40.9 Å². The van der Waals surface area contributed by atoms with E-state index in [0.29, 0.717) is 11.3 Å². The molecule has 0 unspecified atom stereocenters. The van der Waals surface area contributed by atoms with Gasteiger partial charge in [-0.2, -0.15) is 16.9 Å². The van der Waals surface area contributed by atoms with E-state index in [-0.39, 0.29) is 24.5 Å². The van der Waals surface area contributed by atoms with E-state index in [9.17, 15) is 9.59 Å². The Hall–Kier alpha value is -3.58. The Morgan fingerprint density at radius 1 is 0.912 bits per heavy atom. The normalized spacial score (nSPS) is 10.9. The van der Waals surface area contributed by atoms with Gasteiger partial charge in [0, 0.05) is 23.1 Å². The minimum Gasteiger partial charge on any atom is -0.484 e. The molecule has 3 rings (SSSR count). The van der Waals surface area contributed by atoms with Gasteiger partial charge in [-0.15, -0.1) is 0 Å². The lowest BCUT2D eigenvalue weighted by Crippen LogP contribution is -2.34. The number of carbonyl (C=O) groups is 2. The predicted molar refractivity (Wildman–Crippen MR) is 138 cm³/mol. The molecular weight excluding hydrogens is 446 g/mol. The van der Waals surface area contributed by atoms with Gasteiger partial charge in [0.15, 0.2) is 6.61 Å². The minimum atomic E-state index is -0.268. The highest BCUT2D eigenvalue weighted by molar-refractivity contribution is 7.97. The van der Waals surface area contributed by atoms with Gasteiger partial charge in [-0.25, -0.2) is 5.43 Å². The standard InChI is InChI=1S/C27H29N3O3S/c1-20(2)29-26(31)17-33-25-14-10-21(11-15-25)16-28-30-27(32)24-12-8-23(9-13-24)19-34-18-22-6-4-3-5-7-22/h3-16,20H,17-19H2,1-2H3,(H,29,31)(H,30,32)/b28-16-. The summed E-state index contributed by atoms with van der Waals surface area (Å²) < 4.78 is 5.45. The summed E-state index contributed by atoms with van der Waals surface area (Å²) in [6, 6.07) is 25.1. The monoisotopic (exact) mass is 475 g/mol. The minimum absolute atomic E-state index is 0.0355. The van der Waals surface area contributed by atoms with Crippen LogP contribution in [0.15, 0.2) is 84.0 Å². The molecule has 0 aliphatic carbocycles. The number of rotatable bonds is 11. The second-order valence-corrected chi connectivity index (χ2v) is 8.94. The summed E-state index contributed by atoms with van der Waals surface area (Å²) in [5.41, 5.74) is 6.37. The molecule has 0 aromatic heterocycles. The molecule has 176 valence electrons. The Balaban J connectivity index is 1.41. The van der Waals surface area contributed by atoms with Gasteiger partial charge in [0.05, 0.1) is 6.21 Å². The maximum absolute atomic E-state index is 12.3. The lowest BCUT2D eigenvalue weighted by Gasteiger charge is -2.09. The second-order valence-electron chi connectivity index (χ2n) is 7.95. The zero-order chi connectivity index (χ0) is 24.2. The maximum atomic E-state index is 12.3. The first-order valence-electron chi connectivity index (χ1n) is 11.1. The van der Waals surface area contributed by atoms with Crippen molar-refractivity contribution in [1.82, 2.24) is 10.7 Å². The third-order valence-corrected chi connectivity index (χ3v) is 5.75. The Kier molecular flexibility index (Phi) is 9.73. The smallest absolute Gasteiger partial charge is 0.271 e. The number of nitrogens with zero attached hydrogens (tertiary/aromatic N) is 1. The lowest BCUT2D eigenvalue weighted by atomic mass is 10.1. The summed E-state index contributed by atoms with van der Waals surface area (Å²) in [5.74, 6) is 2.00. The number of thioether (sulfide) groups is 1. The van der Waals surface area contributed by atoms with Crippen LogP contribution in [0.4, 0.5) is 0 Å². The van der Waals surface area contributed by atoms with Gasteiger partial charge >= 0.3 is 0 Å². The molecule has 0 saturated heterocycles. The molecule has 3 aromatic rings. The van der Waals surface area contributed by atoms with Crippen LogP contribution >= 0.6 is 11.8 Å². The maximum Gasteiger partial charge on any atom is 0.271 e. The Morgan fingerprint density at radius 3 is 2.21 bits per heavy atom. The Morgan fingerprint density at radius 2 is 1.56 bits per heavy atom. The average molecular weight is 476 g/mol. The lowest BCUT2D eigenvalue weighted by molar-refractivity contribution is -0.123. The molecule has 0 bridgehead atoms. The summed E-state index contributed by atoms with van der Waals surface area (Å²) in [7, 11) is 0. The van der Waals surface area contributed by atoms with Gasteiger partial charge < -0.3 is 10.1 Å². The van der Waals surface area contributed by atoms with Crippen molar-refractivity contribution >= 4 is 29.8 Å². The third-order valence-electron chi connectivity index (χ3n) is 4.68. The summed E-state index contributed by atoms with van der Waals surface area (Å²) in [6.45, 7) is 3.76. The van der Waals surface area contributed by atoms with Crippen molar-refractivity contribution in [3.63, 3.8) is 0 Å². The van der Waals surface area contributed by atoms with Crippen LogP contribution in [-0.4, -0.2) is 30.7 Å². The van der Waals surface area contributed by atoms with Crippen molar-refractivity contribution in [2.45, 2.75) is 31.4 Å². The molecule has 2 amide bonds. The van der Waals surface area contributed by atoms with E-state index in [1.807, 2.05) is 68.1 Å². The number of ether oxygens (including phenoxy) is 1. The zero-order valence-electron chi connectivity index (χ0n) is 19.4. The number of hydrazone groups is 1. The van der Waals surface area contributed by atoms with E-state index in [2.05, 4.69) is 28.0 Å². The van der Waals surface area contributed by atoms with Crippen LogP contribution in [0, 0.1) is 0 Å². The SMILES string of the molecule is CC(C)NC(=O)COc1ccc(/C=N\NC(=O)c2ccc(CSCc3ccccc3)cc2)cc1. The Bertz CT molecular complexity index is 1080. The van der Waals surface area contributed by atoms with Crippen molar-refractivity contribution in [1.29, 1.82) is 0 Å². The first-order valence-corrected chi connectivity index (χ1v) is 12.2. The highest BCUT2D eigenvalue weighted by Crippen LogP contribution is 2.18. The van der Waals surface area contributed by atoms with Crippen molar-refractivity contribution in [3.8, 4) is 5.75 Å². The molecule has 0 spiro atoms. The van der Waals surface area contributed by atoms with Crippen LogP contribution < -0.4 is 15.5 Å². The fraction of sp³-hybridized carbons (Fsp3) is 0.222. The average Bonchev–Trinajstić information content (AvgIpc) is 2.84. The fourth-order valence-corrected chi connectivity index (χ4v) is 3.96. The number of hydrogen-bond donors (Lipinski definition) is 2. The highest BCUT2D eigenvalue weighted by Gasteiger charge is 2.05. The van der Waals surface area contributed by atoms with Crippen molar-refractivity contribution in [3.05, 3.63) is 101 Å². The first-order chi connectivity index (χ1) is 16.5. The van der Waals surface area contributed by atoms with Crippen LogP contribution in [0.25, 0.3) is 0 Å².